The van der Waals surface area contributed by atoms with E-state index in [1.54, 1.807) is 13.0 Å². The summed E-state index contributed by atoms with van der Waals surface area (Å²) in [6.07, 6.45) is -5.28. The van der Waals surface area contributed by atoms with Crippen LogP contribution in [0.25, 0.3) is 0 Å². The molecule has 0 heterocycles. The fraction of sp³-hybridized carbons (Fsp3) is 0.316. The molecule has 0 radical (unpaired) electrons. The summed E-state index contributed by atoms with van der Waals surface area (Å²) in [6.45, 7) is 5.63. The number of benzene rings is 2. The Hall–Kier alpha value is -2.70. The molecule has 2 aromatic carbocycles. The number of hydrogen-bond donors (Lipinski definition) is 2. The van der Waals surface area contributed by atoms with Crippen molar-refractivity contribution in [2.24, 2.45) is 0 Å². The van der Waals surface area contributed by atoms with E-state index in [2.05, 4.69) is 10.6 Å². The lowest BCUT2D eigenvalue weighted by Gasteiger charge is -2.20. The van der Waals surface area contributed by atoms with Crippen molar-refractivity contribution >= 4 is 11.7 Å². The number of amides is 2. The number of ether oxygens (including phenoxy) is 1. The number of nitrogens with one attached hydrogen (secondary N) is 2. The molecule has 2 amide bonds. The van der Waals surface area contributed by atoms with Crippen molar-refractivity contribution in [1.29, 1.82) is 0 Å². The summed E-state index contributed by atoms with van der Waals surface area (Å²) in [5.74, 6) is 0.844. The molecule has 2 rings (SSSR count). The Morgan fingerprint density at radius 2 is 1.62 bits per heavy atom. The van der Waals surface area contributed by atoms with Crippen molar-refractivity contribution in [3.05, 3.63) is 59.7 Å². The highest BCUT2D eigenvalue weighted by Gasteiger charge is 2.33. The van der Waals surface area contributed by atoms with Crippen LogP contribution < -0.4 is 15.4 Å². The molecule has 0 saturated heterocycles. The van der Waals surface area contributed by atoms with Crippen molar-refractivity contribution in [3.63, 3.8) is 0 Å². The highest BCUT2D eigenvalue weighted by atomic mass is 19.4. The van der Waals surface area contributed by atoms with Gasteiger partial charge >= 0.3 is 12.2 Å². The molecule has 0 bridgehead atoms. The van der Waals surface area contributed by atoms with E-state index in [0.29, 0.717) is 5.75 Å². The van der Waals surface area contributed by atoms with Crippen LogP contribution >= 0.6 is 0 Å². The Morgan fingerprint density at radius 3 is 2.27 bits per heavy atom. The summed E-state index contributed by atoms with van der Waals surface area (Å²) < 4.78 is 44.6. The number of rotatable bonds is 5. The Balaban J connectivity index is 2.03. The lowest BCUT2D eigenvalue weighted by molar-refractivity contribution is -0.136. The van der Waals surface area contributed by atoms with Crippen molar-refractivity contribution < 1.29 is 22.7 Å². The van der Waals surface area contributed by atoms with E-state index in [4.69, 9.17) is 4.74 Å². The van der Waals surface area contributed by atoms with Gasteiger partial charge in [-0.1, -0.05) is 44.2 Å². The zero-order chi connectivity index (χ0) is 19.3. The van der Waals surface area contributed by atoms with Gasteiger partial charge in [-0.25, -0.2) is 4.79 Å². The molecule has 1 atom stereocenters. The summed E-state index contributed by atoms with van der Waals surface area (Å²) in [5, 5.41) is 4.70. The van der Waals surface area contributed by atoms with Gasteiger partial charge in [0.2, 0.25) is 0 Å². The van der Waals surface area contributed by atoms with E-state index in [-0.39, 0.29) is 11.6 Å². The predicted octanol–water partition coefficient (Wildman–Crippen LogP) is 5.38. The van der Waals surface area contributed by atoms with Gasteiger partial charge in [-0.3, -0.25) is 0 Å². The van der Waals surface area contributed by atoms with E-state index < -0.39 is 24.0 Å². The van der Waals surface area contributed by atoms with Gasteiger partial charge in [0.15, 0.2) is 6.23 Å². The Bertz CT molecular complexity index is 760. The lowest BCUT2D eigenvalue weighted by Crippen LogP contribution is -2.40. The third-order valence-electron chi connectivity index (χ3n) is 3.66. The standard InChI is InChI=1S/C19H21F3N2O2/c1-12(2)14-8-4-7-11-17(14)26-13(3)23-18(25)24-16-10-6-5-9-15(16)19(20,21)22/h4-13H,1-3H3,(H2,23,24,25). The maximum absolute atomic E-state index is 13.0. The predicted molar refractivity (Wildman–Crippen MR) is 94.2 cm³/mol. The minimum absolute atomic E-state index is 0.228. The molecule has 4 nitrogen and oxygen atoms in total. The van der Waals surface area contributed by atoms with Gasteiger partial charge in [0, 0.05) is 0 Å². The SMILES string of the molecule is CC(NC(=O)Nc1ccccc1C(F)(F)F)Oc1ccccc1C(C)C. The highest BCUT2D eigenvalue weighted by molar-refractivity contribution is 5.90. The molecule has 0 aliphatic rings. The Morgan fingerprint density at radius 1 is 1.00 bits per heavy atom. The minimum Gasteiger partial charge on any atom is -0.471 e. The molecule has 0 aliphatic heterocycles. The molecular weight excluding hydrogens is 345 g/mol. The van der Waals surface area contributed by atoms with Crippen molar-refractivity contribution in [2.45, 2.75) is 39.1 Å². The number of alkyl halides is 3. The molecule has 140 valence electrons. The Kier molecular flexibility index (Phi) is 6.13. The van der Waals surface area contributed by atoms with Crippen molar-refractivity contribution in [1.82, 2.24) is 5.32 Å². The van der Waals surface area contributed by atoms with Crippen LogP contribution in [0.1, 0.15) is 37.8 Å². The first kappa shape index (κ1) is 19.6. The van der Waals surface area contributed by atoms with Crippen LogP contribution in [-0.4, -0.2) is 12.3 Å². The second-order valence-electron chi connectivity index (χ2n) is 6.09. The maximum atomic E-state index is 13.0. The van der Waals surface area contributed by atoms with E-state index in [9.17, 15) is 18.0 Å². The van der Waals surface area contributed by atoms with Crippen LogP contribution in [-0.2, 0) is 6.18 Å². The molecule has 0 saturated carbocycles. The minimum atomic E-state index is -4.55. The van der Waals surface area contributed by atoms with Crippen LogP contribution in [0.3, 0.4) is 0 Å². The van der Waals surface area contributed by atoms with Crippen LogP contribution in [0.5, 0.6) is 5.75 Å². The fourth-order valence-electron chi connectivity index (χ4n) is 2.47. The fourth-order valence-corrected chi connectivity index (χ4v) is 2.47. The maximum Gasteiger partial charge on any atom is 0.418 e. The molecular formula is C19H21F3N2O2. The molecule has 7 heteroatoms. The van der Waals surface area contributed by atoms with Gasteiger partial charge in [-0.15, -0.1) is 0 Å². The summed E-state index contributed by atoms with van der Waals surface area (Å²) in [7, 11) is 0. The van der Waals surface area contributed by atoms with Crippen molar-refractivity contribution in [2.75, 3.05) is 5.32 Å². The number of halogens is 3. The first-order valence-corrected chi connectivity index (χ1v) is 8.17. The van der Waals surface area contributed by atoms with Crippen LogP contribution in [0, 0.1) is 0 Å². The van der Waals surface area contributed by atoms with Gasteiger partial charge < -0.3 is 15.4 Å². The second-order valence-corrected chi connectivity index (χ2v) is 6.09. The first-order chi connectivity index (χ1) is 12.2. The largest absolute Gasteiger partial charge is 0.471 e. The van der Waals surface area contributed by atoms with E-state index >= 15 is 0 Å². The zero-order valence-electron chi connectivity index (χ0n) is 14.7. The van der Waals surface area contributed by atoms with Gasteiger partial charge in [-0.05, 0) is 36.6 Å². The van der Waals surface area contributed by atoms with Gasteiger partial charge in [0.05, 0.1) is 11.3 Å². The molecule has 2 N–H and O–H groups in total. The molecule has 2 aromatic rings. The average Bonchev–Trinajstić information content (AvgIpc) is 2.54. The van der Waals surface area contributed by atoms with Crippen LogP contribution in [0.2, 0.25) is 0 Å². The molecule has 0 aliphatic carbocycles. The second kappa shape index (κ2) is 8.12. The zero-order valence-corrected chi connectivity index (χ0v) is 14.7. The number of carbonyl (C=O) groups excluding carboxylic acids is 1. The lowest BCUT2D eigenvalue weighted by atomic mass is 10.0. The van der Waals surface area contributed by atoms with E-state index in [1.807, 2.05) is 32.0 Å². The summed E-state index contributed by atoms with van der Waals surface area (Å²) in [5.41, 5.74) is -0.245. The third-order valence-corrected chi connectivity index (χ3v) is 3.66. The van der Waals surface area contributed by atoms with Gasteiger partial charge in [-0.2, -0.15) is 13.2 Å². The highest BCUT2D eigenvalue weighted by Crippen LogP contribution is 2.34. The molecule has 1 unspecified atom stereocenters. The molecule has 0 fully saturated rings. The van der Waals surface area contributed by atoms with E-state index in [0.717, 1.165) is 11.6 Å². The summed E-state index contributed by atoms with van der Waals surface area (Å²) in [4.78, 5) is 12.0. The smallest absolute Gasteiger partial charge is 0.418 e. The molecule has 0 spiro atoms. The number of urea groups is 1. The number of anilines is 1. The van der Waals surface area contributed by atoms with Gasteiger partial charge in [0.25, 0.3) is 0 Å². The molecule has 26 heavy (non-hydrogen) atoms. The third kappa shape index (κ3) is 5.15. The topological polar surface area (TPSA) is 50.4 Å². The number of hydrogen-bond acceptors (Lipinski definition) is 2. The van der Waals surface area contributed by atoms with Crippen LogP contribution in [0.4, 0.5) is 23.7 Å². The van der Waals surface area contributed by atoms with Gasteiger partial charge in [0.1, 0.15) is 5.75 Å². The quantitative estimate of drug-likeness (QED) is 0.699. The summed E-state index contributed by atoms with van der Waals surface area (Å²) >= 11 is 0. The number of para-hydroxylation sites is 2. The Labute approximate surface area is 150 Å². The normalized spacial score (nSPS) is 12.6. The average molecular weight is 366 g/mol. The monoisotopic (exact) mass is 366 g/mol. The first-order valence-electron chi connectivity index (χ1n) is 8.17. The summed E-state index contributed by atoms with van der Waals surface area (Å²) in [6, 6.07) is 11.4. The van der Waals surface area contributed by atoms with E-state index in [1.165, 1.54) is 18.2 Å². The van der Waals surface area contributed by atoms with Crippen molar-refractivity contribution in [3.8, 4) is 5.75 Å². The number of carbonyl (C=O) groups is 1. The van der Waals surface area contributed by atoms with Crippen LogP contribution in [0.15, 0.2) is 48.5 Å². The molecule has 0 aromatic heterocycles.